The summed E-state index contributed by atoms with van der Waals surface area (Å²) in [4.78, 5) is 19.6. The highest BCUT2D eigenvalue weighted by molar-refractivity contribution is 6.04. The van der Waals surface area contributed by atoms with Crippen molar-refractivity contribution in [2.75, 3.05) is 20.3 Å². The molecule has 6 nitrogen and oxygen atoms in total. The average molecular weight is 433 g/mol. The Morgan fingerprint density at radius 1 is 1.12 bits per heavy atom. The molecule has 166 valence electrons. The minimum Gasteiger partial charge on any atom is -0.494 e. The molecule has 1 N–H and O–H groups in total. The molecule has 2 aliphatic rings. The SMILES string of the molecule is CCOC(=O)C(Cc1ccc(OCCCc2c3[nH]cccc-3c3ccncc23)cc1)OC. The number of nitrogens with one attached hydrogen (secondary N) is 1. The van der Waals surface area contributed by atoms with E-state index in [1.807, 2.05) is 48.9 Å². The van der Waals surface area contributed by atoms with E-state index in [9.17, 15) is 4.79 Å². The molecule has 2 heterocycles. The summed E-state index contributed by atoms with van der Waals surface area (Å²) in [6, 6.07) is 14.0. The maximum absolute atomic E-state index is 11.9. The van der Waals surface area contributed by atoms with Gasteiger partial charge in [-0.15, -0.1) is 0 Å². The van der Waals surface area contributed by atoms with Crippen LogP contribution in [0.15, 0.2) is 61.1 Å². The lowest BCUT2D eigenvalue weighted by atomic mass is 10.1. The van der Waals surface area contributed by atoms with E-state index in [4.69, 9.17) is 14.2 Å². The molecule has 0 fully saturated rings. The first-order valence-electron chi connectivity index (χ1n) is 10.9. The third kappa shape index (κ3) is 4.75. The van der Waals surface area contributed by atoms with Crippen LogP contribution in [0, 0.1) is 0 Å². The van der Waals surface area contributed by atoms with Gasteiger partial charge in [-0.1, -0.05) is 18.2 Å². The van der Waals surface area contributed by atoms with Crippen molar-refractivity contribution in [2.24, 2.45) is 0 Å². The second kappa shape index (κ2) is 10.3. The van der Waals surface area contributed by atoms with Gasteiger partial charge in [-0.25, -0.2) is 4.79 Å². The van der Waals surface area contributed by atoms with Gasteiger partial charge in [0.2, 0.25) is 0 Å². The van der Waals surface area contributed by atoms with Crippen molar-refractivity contribution >= 4 is 16.7 Å². The van der Waals surface area contributed by atoms with Crippen molar-refractivity contribution in [2.45, 2.75) is 32.3 Å². The molecular formula is C26H28N2O4. The van der Waals surface area contributed by atoms with Gasteiger partial charge in [0.25, 0.3) is 0 Å². The maximum Gasteiger partial charge on any atom is 0.335 e. The highest BCUT2D eigenvalue weighted by Crippen LogP contribution is 2.37. The lowest BCUT2D eigenvalue weighted by molar-refractivity contribution is -0.154. The third-order valence-electron chi connectivity index (χ3n) is 5.61. The summed E-state index contributed by atoms with van der Waals surface area (Å²) < 4.78 is 16.3. The molecule has 6 heteroatoms. The maximum atomic E-state index is 11.9. The number of aromatic nitrogens is 2. The van der Waals surface area contributed by atoms with Crippen molar-refractivity contribution < 1.29 is 19.0 Å². The van der Waals surface area contributed by atoms with E-state index >= 15 is 0 Å². The predicted octanol–water partition coefficient (Wildman–Crippen LogP) is 4.80. The van der Waals surface area contributed by atoms with Gasteiger partial charge in [0, 0.05) is 48.8 Å². The normalized spacial score (nSPS) is 12.2. The van der Waals surface area contributed by atoms with E-state index in [1.165, 1.54) is 34.7 Å². The number of pyridine rings is 2. The van der Waals surface area contributed by atoms with Crippen molar-refractivity contribution in [3.05, 3.63) is 72.2 Å². The summed E-state index contributed by atoms with van der Waals surface area (Å²) in [6.07, 6.45) is 7.42. The van der Waals surface area contributed by atoms with Crippen LogP contribution in [0.2, 0.25) is 0 Å². The molecule has 1 aromatic heterocycles. The van der Waals surface area contributed by atoms with Crippen LogP contribution in [-0.2, 0) is 27.1 Å². The Labute approximate surface area is 187 Å². The summed E-state index contributed by atoms with van der Waals surface area (Å²) in [5.74, 6) is 0.472. The zero-order valence-electron chi connectivity index (χ0n) is 18.5. The summed E-state index contributed by atoms with van der Waals surface area (Å²) >= 11 is 0. The molecule has 0 saturated heterocycles. The molecule has 0 radical (unpaired) electrons. The predicted molar refractivity (Wildman–Crippen MR) is 124 cm³/mol. The van der Waals surface area contributed by atoms with E-state index in [0.717, 1.165) is 24.2 Å². The number of carbonyl (C=O) groups is 1. The van der Waals surface area contributed by atoms with Gasteiger partial charge in [0.15, 0.2) is 6.10 Å². The Morgan fingerprint density at radius 3 is 2.75 bits per heavy atom. The number of methoxy groups -OCH3 is 1. The number of aryl methyl sites for hydroxylation is 1. The lowest BCUT2D eigenvalue weighted by Gasteiger charge is -2.14. The van der Waals surface area contributed by atoms with E-state index in [2.05, 4.69) is 22.1 Å². The van der Waals surface area contributed by atoms with Gasteiger partial charge in [0.1, 0.15) is 5.75 Å². The number of benzene rings is 1. The van der Waals surface area contributed by atoms with E-state index in [0.29, 0.717) is 19.6 Å². The van der Waals surface area contributed by atoms with Crippen LogP contribution in [0.3, 0.4) is 0 Å². The number of rotatable bonds is 10. The minimum absolute atomic E-state index is 0.338. The quantitative estimate of drug-likeness (QED) is 0.288. The smallest absolute Gasteiger partial charge is 0.335 e. The molecule has 0 amide bonds. The number of aromatic amines is 1. The molecule has 1 aliphatic heterocycles. The summed E-state index contributed by atoms with van der Waals surface area (Å²) in [5, 5.41) is 2.43. The van der Waals surface area contributed by atoms with Crippen molar-refractivity contribution in [1.82, 2.24) is 9.97 Å². The first-order valence-corrected chi connectivity index (χ1v) is 10.9. The average Bonchev–Trinajstić information content (AvgIpc) is 3.15. The molecule has 0 spiro atoms. The van der Waals surface area contributed by atoms with Crippen LogP contribution in [0.25, 0.3) is 22.0 Å². The first-order chi connectivity index (χ1) is 15.7. The minimum atomic E-state index is -0.595. The van der Waals surface area contributed by atoms with Gasteiger partial charge in [0.05, 0.1) is 13.2 Å². The standard InChI is InChI=1S/C26H28N2O4/c1-3-31-26(29)24(30-2)16-18-8-10-19(11-9-18)32-15-5-7-22-23-17-27-14-12-20(23)21-6-4-13-28-25(21)22/h4,6,8-14,17,24,28H,3,5,7,15-16H2,1-2H3. The van der Waals surface area contributed by atoms with Crippen LogP contribution < -0.4 is 4.74 Å². The summed E-state index contributed by atoms with van der Waals surface area (Å²) in [6.45, 7) is 2.75. The highest BCUT2D eigenvalue weighted by Gasteiger charge is 2.20. The fraction of sp³-hybridized carbons (Fsp3) is 0.308. The van der Waals surface area contributed by atoms with Crippen LogP contribution in [0.4, 0.5) is 0 Å². The third-order valence-corrected chi connectivity index (χ3v) is 5.61. The molecule has 4 rings (SSSR count). The van der Waals surface area contributed by atoms with Crippen LogP contribution in [0.1, 0.15) is 24.5 Å². The number of esters is 1. The molecule has 1 aromatic carbocycles. The number of nitrogens with zero attached hydrogens (tertiary/aromatic N) is 1. The fourth-order valence-electron chi connectivity index (χ4n) is 4.05. The van der Waals surface area contributed by atoms with Gasteiger partial charge in [-0.05, 0) is 60.5 Å². The number of fused-ring (bicyclic) bond motifs is 3. The van der Waals surface area contributed by atoms with Gasteiger partial charge >= 0.3 is 5.97 Å². The Bertz CT molecular complexity index is 1140. The van der Waals surface area contributed by atoms with E-state index in [-0.39, 0.29) is 5.97 Å². The molecular weight excluding hydrogens is 404 g/mol. The van der Waals surface area contributed by atoms with E-state index < -0.39 is 6.10 Å². The molecule has 1 atom stereocenters. The summed E-state index contributed by atoms with van der Waals surface area (Å²) in [5.41, 5.74) is 4.69. The lowest BCUT2D eigenvalue weighted by Crippen LogP contribution is -2.27. The van der Waals surface area contributed by atoms with Crippen molar-refractivity contribution in [3.63, 3.8) is 0 Å². The molecule has 0 bridgehead atoms. The van der Waals surface area contributed by atoms with Gasteiger partial charge < -0.3 is 19.2 Å². The number of H-pyrrole nitrogens is 1. The van der Waals surface area contributed by atoms with Crippen molar-refractivity contribution in [1.29, 1.82) is 0 Å². The fourth-order valence-corrected chi connectivity index (χ4v) is 4.05. The molecule has 0 saturated carbocycles. The molecule has 1 unspecified atom stereocenters. The first kappa shape index (κ1) is 21.8. The number of ether oxygens (including phenoxy) is 3. The van der Waals surface area contributed by atoms with Crippen LogP contribution >= 0.6 is 0 Å². The van der Waals surface area contributed by atoms with Gasteiger partial charge in [-0.2, -0.15) is 0 Å². The van der Waals surface area contributed by atoms with Crippen molar-refractivity contribution in [3.8, 4) is 17.0 Å². The topological polar surface area (TPSA) is 73.4 Å². The van der Waals surface area contributed by atoms with E-state index in [1.54, 1.807) is 6.92 Å². The Balaban J connectivity index is 1.33. The number of hydrogen-bond acceptors (Lipinski definition) is 5. The van der Waals surface area contributed by atoms with Crippen LogP contribution in [-0.4, -0.2) is 42.4 Å². The zero-order chi connectivity index (χ0) is 22.3. The summed E-state index contributed by atoms with van der Waals surface area (Å²) in [7, 11) is 1.52. The van der Waals surface area contributed by atoms with Crippen LogP contribution in [0.5, 0.6) is 5.75 Å². The molecule has 32 heavy (non-hydrogen) atoms. The zero-order valence-corrected chi connectivity index (χ0v) is 18.5. The Kier molecular flexibility index (Phi) is 7.02. The Hall–Kier alpha value is -3.38. The molecule has 2 aromatic rings. The largest absolute Gasteiger partial charge is 0.494 e. The monoisotopic (exact) mass is 432 g/mol. The highest BCUT2D eigenvalue weighted by atomic mass is 16.6. The Morgan fingerprint density at radius 2 is 1.97 bits per heavy atom. The number of carbonyl (C=O) groups excluding carboxylic acids is 1. The molecule has 1 aliphatic carbocycles. The number of hydrogen-bond donors (Lipinski definition) is 1. The second-order valence-electron chi connectivity index (χ2n) is 7.64. The van der Waals surface area contributed by atoms with Gasteiger partial charge in [-0.3, -0.25) is 4.98 Å². The second-order valence-corrected chi connectivity index (χ2v) is 7.64.